The molecule has 1 aromatic rings. The van der Waals surface area contributed by atoms with Gasteiger partial charge >= 0.3 is 0 Å². The quantitative estimate of drug-likeness (QED) is 0.413. The van der Waals surface area contributed by atoms with Crippen molar-refractivity contribution in [1.29, 1.82) is 0 Å². The minimum absolute atomic E-state index is 0.0195. The highest BCUT2D eigenvalue weighted by Gasteiger charge is 2.43. The third-order valence-corrected chi connectivity index (χ3v) is 8.57. The van der Waals surface area contributed by atoms with E-state index < -0.39 is 10.0 Å². The normalized spacial score (nSPS) is 24.3. The number of hydrogen-bond acceptors (Lipinski definition) is 4. The lowest BCUT2D eigenvalue weighted by Crippen LogP contribution is -2.51. The monoisotopic (exact) mass is 450 g/mol. The minimum Gasteiger partial charge on any atom is -0.384 e. The van der Waals surface area contributed by atoms with Crippen molar-refractivity contribution in [3.63, 3.8) is 0 Å². The summed E-state index contributed by atoms with van der Waals surface area (Å²) in [5, 5.41) is 0. The molecule has 0 radical (unpaired) electrons. The summed E-state index contributed by atoms with van der Waals surface area (Å²) in [5.41, 5.74) is 2.19. The summed E-state index contributed by atoms with van der Waals surface area (Å²) in [6.45, 7) is 4.89. The number of piperidine rings is 1. The van der Waals surface area contributed by atoms with Gasteiger partial charge in [-0.3, -0.25) is 4.72 Å². The molecule has 5 nitrogen and oxygen atoms in total. The highest BCUT2D eigenvalue weighted by molar-refractivity contribution is 7.92. The molecule has 6 heteroatoms. The SMILES string of the molecule is CCCCCCCCN1CCC2(c3cccc(NS(=O)(=O)CCOC)c3)CCCC1C2. The third-order valence-electron chi connectivity index (χ3n) is 7.32. The zero-order valence-corrected chi connectivity index (χ0v) is 20.4. The molecule has 2 unspecified atom stereocenters. The Bertz CT molecular complexity index is 783. The van der Waals surface area contributed by atoms with E-state index >= 15 is 0 Å². The summed E-state index contributed by atoms with van der Waals surface area (Å²) in [6.07, 6.45) is 14.3. The molecule has 0 aromatic heterocycles. The molecule has 1 heterocycles. The van der Waals surface area contributed by atoms with Gasteiger partial charge in [0.25, 0.3) is 0 Å². The molecule has 1 saturated carbocycles. The first-order valence-corrected chi connectivity index (χ1v) is 14.0. The average molecular weight is 451 g/mol. The number of ether oxygens (including phenoxy) is 1. The molecule has 1 aliphatic carbocycles. The molecular formula is C25H42N2O3S. The van der Waals surface area contributed by atoms with Crippen LogP contribution in [0.25, 0.3) is 0 Å². The Balaban J connectivity index is 1.59. The molecule has 3 rings (SSSR count). The van der Waals surface area contributed by atoms with Gasteiger partial charge in [0.2, 0.25) is 10.0 Å². The van der Waals surface area contributed by atoms with Crippen LogP contribution in [-0.4, -0.2) is 51.9 Å². The second kappa shape index (κ2) is 11.7. The predicted octanol–water partition coefficient (Wildman–Crippen LogP) is 5.32. The molecule has 1 N–H and O–H groups in total. The van der Waals surface area contributed by atoms with Gasteiger partial charge in [-0.15, -0.1) is 0 Å². The maximum absolute atomic E-state index is 12.3. The Morgan fingerprint density at radius 2 is 1.97 bits per heavy atom. The Morgan fingerprint density at radius 3 is 2.77 bits per heavy atom. The lowest BCUT2D eigenvalue weighted by molar-refractivity contribution is 0.0503. The standard InChI is InChI=1S/C25H42N2O3S/c1-3-4-5-6-7-8-16-27-17-15-25(14-10-13-24(27)21-25)22-11-9-12-23(20-22)26-31(28,29)19-18-30-2/h9,11-12,20,24,26H,3-8,10,13-19,21H2,1-2H3. The number of likely N-dealkylation sites (tertiary alicyclic amines) is 1. The zero-order valence-electron chi connectivity index (χ0n) is 19.6. The van der Waals surface area contributed by atoms with Gasteiger partial charge in [-0.2, -0.15) is 0 Å². The summed E-state index contributed by atoms with van der Waals surface area (Å²) in [5.74, 6) is -0.0195. The maximum Gasteiger partial charge on any atom is 0.234 e. The number of methoxy groups -OCH3 is 1. The van der Waals surface area contributed by atoms with Gasteiger partial charge in [0, 0.05) is 18.8 Å². The number of hydrogen-bond donors (Lipinski definition) is 1. The first-order valence-electron chi connectivity index (χ1n) is 12.3. The molecule has 1 aromatic carbocycles. The van der Waals surface area contributed by atoms with Crippen LogP contribution in [0.5, 0.6) is 0 Å². The van der Waals surface area contributed by atoms with Crippen LogP contribution in [0.2, 0.25) is 0 Å². The van der Waals surface area contributed by atoms with E-state index in [1.807, 2.05) is 12.1 Å². The first-order chi connectivity index (χ1) is 15.0. The van der Waals surface area contributed by atoms with E-state index in [4.69, 9.17) is 4.74 Å². The third kappa shape index (κ3) is 6.93. The van der Waals surface area contributed by atoms with Crippen molar-refractivity contribution in [3.05, 3.63) is 29.8 Å². The zero-order chi connectivity index (χ0) is 22.2. The van der Waals surface area contributed by atoms with Crippen LogP contribution in [0.3, 0.4) is 0 Å². The Hall–Kier alpha value is -1.11. The number of sulfonamides is 1. The molecule has 0 amide bonds. The fourth-order valence-electron chi connectivity index (χ4n) is 5.54. The van der Waals surface area contributed by atoms with E-state index in [0.717, 1.165) is 0 Å². The van der Waals surface area contributed by atoms with Crippen molar-refractivity contribution < 1.29 is 13.2 Å². The van der Waals surface area contributed by atoms with Crippen LogP contribution in [0.4, 0.5) is 5.69 Å². The molecule has 176 valence electrons. The lowest BCUT2D eigenvalue weighted by atomic mass is 9.63. The van der Waals surface area contributed by atoms with Crippen LogP contribution in [-0.2, 0) is 20.2 Å². The first kappa shape index (κ1) is 24.5. The van der Waals surface area contributed by atoms with Crippen LogP contribution in [0.1, 0.15) is 83.1 Å². The number of nitrogens with zero attached hydrogens (tertiary/aromatic N) is 1. The highest BCUT2D eigenvalue weighted by atomic mass is 32.2. The Kier molecular flexibility index (Phi) is 9.23. The second-order valence-corrected chi connectivity index (χ2v) is 11.4. The fourth-order valence-corrected chi connectivity index (χ4v) is 6.52. The van der Waals surface area contributed by atoms with Gasteiger partial charge in [0.1, 0.15) is 0 Å². The molecule has 2 bridgehead atoms. The molecular weight excluding hydrogens is 408 g/mol. The van der Waals surface area contributed by atoms with Crippen molar-refractivity contribution in [2.45, 2.75) is 89.0 Å². The maximum atomic E-state index is 12.3. The van der Waals surface area contributed by atoms with Gasteiger partial charge in [0.05, 0.1) is 12.4 Å². The van der Waals surface area contributed by atoms with Crippen molar-refractivity contribution in [2.75, 3.05) is 37.3 Å². The molecule has 1 aliphatic heterocycles. The van der Waals surface area contributed by atoms with Crippen molar-refractivity contribution in [3.8, 4) is 0 Å². The summed E-state index contributed by atoms with van der Waals surface area (Å²) >= 11 is 0. The van der Waals surface area contributed by atoms with E-state index in [0.29, 0.717) is 11.7 Å². The van der Waals surface area contributed by atoms with E-state index in [-0.39, 0.29) is 17.8 Å². The fraction of sp³-hybridized carbons (Fsp3) is 0.760. The summed E-state index contributed by atoms with van der Waals surface area (Å²) < 4.78 is 32.2. The van der Waals surface area contributed by atoms with E-state index in [2.05, 4.69) is 28.7 Å². The number of fused-ring (bicyclic) bond motifs is 2. The van der Waals surface area contributed by atoms with Gasteiger partial charge in [0.15, 0.2) is 0 Å². The minimum atomic E-state index is -3.38. The number of anilines is 1. The van der Waals surface area contributed by atoms with Crippen molar-refractivity contribution in [2.24, 2.45) is 0 Å². The smallest absolute Gasteiger partial charge is 0.234 e. The number of rotatable bonds is 13. The Morgan fingerprint density at radius 1 is 1.16 bits per heavy atom. The molecule has 31 heavy (non-hydrogen) atoms. The van der Waals surface area contributed by atoms with Crippen molar-refractivity contribution in [1.82, 2.24) is 4.90 Å². The number of unbranched alkanes of at least 4 members (excludes halogenated alkanes) is 5. The molecule has 0 spiro atoms. The molecule has 2 aliphatic rings. The van der Waals surface area contributed by atoms with Gasteiger partial charge in [-0.25, -0.2) is 8.42 Å². The van der Waals surface area contributed by atoms with Gasteiger partial charge in [-0.1, -0.05) is 57.6 Å². The molecule has 2 fully saturated rings. The second-order valence-electron chi connectivity index (χ2n) is 9.58. The van der Waals surface area contributed by atoms with Gasteiger partial charge < -0.3 is 9.64 Å². The summed E-state index contributed by atoms with van der Waals surface area (Å²) in [6, 6.07) is 8.83. The van der Waals surface area contributed by atoms with E-state index in [9.17, 15) is 8.42 Å². The highest BCUT2D eigenvalue weighted by Crippen LogP contribution is 2.47. The number of nitrogens with one attached hydrogen (secondary N) is 1. The predicted molar refractivity (Wildman–Crippen MR) is 129 cm³/mol. The van der Waals surface area contributed by atoms with E-state index in [1.165, 1.54) is 96.4 Å². The van der Waals surface area contributed by atoms with Crippen LogP contribution in [0, 0.1) is 0 Å². The average Bonchev–Trinajstić information content (AvgIpc) is 2.76. The Labute approximate surface area is 190 Å². The molecule has 2 atom stereocenters. The topological polar surface area (TPSA) is 58.6 Å². The molecule has 1 saturated heterocycles. The number of benzene rings is 1. The summed E-state index contributed by atoms with van der Waals surface area (Å²) in [7, 11) is -1.86. The van der Waals surface area contributed by atoms with Gasteiger partial charge in [-0.05, 0) is 68.3 Å². The van der Waals surface area contributed by atoms with Crippen LogP contribution in [0.15, 0.2) is 24.3 Å². The summed E-state index contributed by atoms with van der Waals surface area (Å²) in [4.78, 5) is 2.74. The largest absolute Gasteiger partial charge is 0.384 e. The van der Waals surface area contributed by atoms with E-state index in [1.54, 1.807) is 0 Å². The van der Waals surface area contributed by atoms with Crippen LogP contribution >= 0.6 is 0 Å². The van der Waals surface area contributed by atoms with Crippen LogP contribution < -0.4 is 4.72 Å². The van der Waals surface area contributed by atoms with Crippen molar-refractivity contribution >= 4 is 15.7 Å². The lowest BCUT2D eigenvalue weighted by Gasteiger charge is -2.51.